The summed E-state index contributed by atoms with van der Waals surface area (Å²) in [5.41, 5.74) is 2.56. The fourth-order valence-corrected chi connectivity index (χ4v) is 1.23. The molecule has 0 spiro atoms. The van der Waals surface area contributed by atoms with E-state index in [1.165, 1.54) is 11.1 Å². The Bertz CT molecular complexity index is 372. The van der Waals surface area contributed by atoms with Crippen molar-refractivity contribution in [3.63, 3.8) is 0 Å². The molecular weight excluding hydrogens is 190 g/mol. The second kappa shape index (κ2) is 5.32. The quantitative estimate of drug-likeness (QED) is 0.720. The summed E-state index contributed by atoms with van der Waals surface area (Å²) in [4.78, 5) is 10.5. The Morgan fingerprint density at radius 3 is 2.73 bits per heavy atom. The molecule has 0 atom stereocenters. The largest absolute Gasteiger partial charge is 0.478 e. The molecule has 3 heteroatoms. The molecule has 1 rings (SSSR count). The van der Waals surface area contributed by atoms with Gasteiger partial charge < -0.3 is 10.4 Å². The first-order valence-electron chi connectivity index (χ1n) is 4.77. The Kier molecular flexibility index (Phi) is 4.06. The van der Waals surface area contributed by atoms with Crippen LogP contribution in [0.3, 0.4) is 0 Å². The number of carbonyl (C=O) groups is 1. The van der Waals surface area contributed by atoms with E-state index in [1.54, 1.807) is 0 Å². The van der Waals surface area contributed by atoms with Crippen LogP contribution in [-0.2, 0) is 11.3 Å². The molecule has 0 aliphatic rings. The van der Waals surface area contributed by atoms with Crippen molar-refractivity contribution < 1.29 is 9.90 Å². The van der Waals surface area contributed by atoms with Crippen molar-refractivity contribution in [1.29, 1.82) is 0 Å². The van der Waals surface area contributed by atoms with Crippen molar-refractivity contribution in [2.75, 3.05) is 6.54 Å². The SMILES string of the molecule is C=C(CNCc1ccccc1C)C(=O)O. The number of rotatable bonds is 5. The lowest BCUT2D eigenvalue weighted by molar-refractivity contribution is -0.132. The smallest absolute Gasteiger partial charge is 0.332 e. The van der Waals surface area contributed by atoms with E-state index < -0.39 is 5.97 Å². The fraction of sp³-hybridized carbons (Fsp3) is 0.250. The van der Waals surface area contributed by atoms with E-state index in [0.717, 1.165) is 0 Å². The average Bonchev–Trinajstić information content (AvgIpc) is 2.20. The summed E-state index contributed by atoms with van der Waals surface area (Å²) in [6.07, 6.45) is 0. The maximum absolute atomic E-state index is 10.5. The summed E-state index contributed by atoms with van der Waals surface area (Å²) in [6.45, 7) is 6.45. The predicted octanol–water partition coefficient (Wildman–Crippen LogP) is 1.73. The Morgan fingerprint density at radius 1 is 1.47 bits per heavy atom. The molecule has 0 aliphatic carbocycles. The molecule has 2 N–H and O–H groups in total. The number of carboxylic acid groups (broad SMARTS) is 1. The summed E-state index contributed by atoms with van der Waals surface area (Å²) in [6, 6.07) is 8.00. The number of aryl methyl sites for hydroxylation is 1. The lowest BCUT2D eigenvalue weighted by Crippen LogP contribution is -2.20. The summed E-state index contributed by atoms with van der Waals surface area (Å²) in [5, 5.41) is 11.6. The van der Waals surface area contributed by atoms with Crippen molar-refractivity contribution >= 4 is 5.97 Å². The molecule has 0 aromatic heterocycles. The molecule has 0 radical (unpaired) electrons. The zero-order valence-electron chi connectivity index (χ0n) is 8.79. The van der Waals surface area contributed by atoms with E-state index in [-0.39, 0.29) is 5.57 Å². The van der Waals surface area contributed by atoms with Crippen LogP contribution in [0.25, 0.3) is 0 Å². The highest BCUT2D eigenvalue weighted by Gasteiger charge is 2.03. The van der Waals surface area contributed by atoms with Gasteiger partial charge in [-0.1, -0.05) is 30.8 Å². The molecule has 15 heavy (non-hydrogen) atoms. The number of nitrogens with one attached hydrogen (secondary N) is 1. The molecule has 80 valence electrons. The monoisotopic (exact) mass is 205 g/mol. The third-order valence-electron chi connectivity index (χ3n) is 2.22. The lowest BCUT2D eigenvalue weighted by atomic mass is 10.1. The molecule has 0 saturated heterocycles. The molecule has 0 bridgehead atoms. The highest BCUT2D eigenvalue weighted by molar-refractivity contribution is 5.86. The number of benzene rings is 1. The van der Waals surface area contributed by atoms with Crippen molar-refractivity contribution in [3.05, 3.63) is 47.5 Å². The van der Waals surface area contributed by atoms with Gasteiger partial charge >= 0.3 is 5.97 Å². The third-order valence-corrected chi connectivity index (χ3v) is 2.22. The van der Waals surface area contributed by atoms with Gasteiger partial charge in [-0.05, 0) is 18.1 Å². The molecule has 3 nitrogen and oxygen atoms in total. The summed E-state index contributed by atoms with van der Waals surface area (Å²) >= 11 is 0. The Labute approximate surface area is 89.4 Å². The second-order valence-electron chi connectivity index (χ2n) is 3.44. The van der Waals surface area contributed by atoms with Gasteiger partial charge in [0.1, 0.15) is 0 Å². The predicted molar refractivity (Wildman–Crippen MR) is 59.7 cm³/mol. The molecular formula is C12H15NO2. The van der Waals surface area contributed by atoms with Gasteiger partial charge in [0.15, 0.2) is 0 Å². The van der Waals surface area contributed by atoms with Gasteiger partial charge in [0.2, 0.25) is 0 Å². The first-order chi connectivity index (χ1) is 7.11. The van der Waals surface area contributed by atoms with Crippen LogP contribution in [0.2, 0.25) is 0 Å². The van der Waals surface area contributed by atoms with Gasteiger partial charge in [-0.2, -0.15) is 0 Å². The Hall–Kier alpha value is -1.61. The Balaban J connectivity index is 2.42. The molecule has 0 saturated carbocycles. The first kappa shape index (κ1) is 11.5. The van der Waals surface area contributed by atoms with E-state index in [0.29, 0.717) is 13.1 Å². The van der Waals surface area contributed by atoms with E-state index >= 15 is 0 Å². The second-order valence-corrected chi connectivity index (χ2v) is 3.44. The van der Waals surface area contributed by atoms with E-state index in [9.17, 15) is 4.79 Å². The van der Waals surface area contributed by atoms with Gasteiger partial charge in [0.05, 0.1) is 0 Å². The molecule has 0 aliphatic heterocycles. The highest BCUT2D eigenvalue weighted by atomic mass is 16.4. The molecule has 1 aromatic rings. The molecule has 0 amide bonds. The van der Waals surface area contributed by atoms with Crippen LogP contribution < -0.4 is 5.32 Å². The zero-order chi connectivity index (χ0) is 11.3. The summed E-state index contributed by atoms with van der Waals surface area (Å²) < 4.78 is 0. The normalized spacial score (nSPS) is 9.93. The molecule has 0 fully saturated rings. The van der Waals surface area contributed by atoms with E-state index in [1.807, 2.05) is 31.2 Å². The minimum Gasteiger partial charge on any atom is -0.478 e. The van der Waals surface area contributed by atoms with Crippen LogP contribution in [0.15, 0.2) is 36.4 Å². The first-order valence-corrected chi connectivity index (χ1v) is 4.77. The van der Waals surface area contributed by atoms with Gasteiger partial charge in [0, 0.05) is 18.7 Å². The van der Waals surface area contributed by atoms with Crippen molar-refractivity contribution in [1.82, 2.24) is 5.32 Å². The lowest BCUT2D eigenvalue weighted by Gasteiger charge is -2.07. The third kappa shape index (κ3) is 3.56. The zero-order valence-corrected chi connectivity index (χ0v) is 8.79. The van der Waals surface area contributed by atoms with Crippen LogP contribution in [0.4, 0.5) is 0 Å². The Morgan fingerprint density at radius 2 is 2.13 bits per heavy atom. The minimum atomic E-state index is -0.952. The van der Waals surface area contributed by atoms with Crippen LogP contribution in [0, 0.1) is 6.92 Å². The van der Waals surface area contributed by atoms with Gasteiger partial charge in [-0.15, -0.1) is 0 Å². The summed E-state index contributed by atoms with van der Waals surface area (Å²) in [5.74, 6) is -0.952. The van der Waals surface area contributed by atoms with E-state index in [4.69, 9.17) is 5.11 Å². The van der Waals surface area contributed by atoms with Crippen LogP contribution in [-0.4, -0.2) is 17.6 Å². The average molecular weight is 205 g/mol. The van der Waals surface area contributed by atoms with Crippen LogP contribution in [0.5, 0.6) is 0 Å². The van der Waals surface area contributed by atoms with Crippen LogP contribution in [0.1, 0.15) is 11.1 Å². The number of aliphatic carboxylic acids is 1. The minimum absolute atomic E-state index is 0.184. The molecule has 0 heterocycles. The topological polar surface area (TPSA) is 49.3 Å². The maximum Gasteiger partial charge on any atom is 0.332 e. The molecule has 1 aromatic carbocycles. The van der Waals surface area contributed by atoms with Crippen molar-refractivity contribution in [3.8, 4) is 0 Å². The van der Waals surface area contributed by atoms with Gasteiger partial charge in [-0.25, -0.2) is 4.79 Å². The summed E-state index contributed by atoms with van der Waals surface area (Å²) in [7, 11) is 0. The van der Waals surface area contributed by atoms with E-state index in [2.05, 4.69) is 11.9 Å². The molecule has 0 unspecified atom stereocenters. The van der Waals surface area contributed by atoms with Crippen LogP contribution >= 0.6 is 0 Å². The van der Waals surface area contributed by atoms with Crippen molar-refractivity contribution in [2.24, 2.45) is 0 Å². The number of hydrogen-bond acceptors (Lipinski definition) is 2. The maximum atomic E-state index is 10.5. The van der Waals surface area contributed by atoms with Gasteiger partial charge in [0.25, 0.3) is 0 Å². The van der Waals surface area contributed by atoms with Gasteiger partial charge in [-0.3, -0.25) is 0 Å². The fourth-order valence-electron chi connectivity index (χ4n) is 1.23. The highest BCUT2D eigenvalue weighted by Crippen LogP contribution is 2.06. The van der Waals surface area contributed by atoms with Crippen molar-refractivity contribution in [2.45, 2.75) is 13.5 Å². The standard InChI is InChI=1S/C12H15NO2/c1-9-5-3-4-6-11(9)8-13-7-10(2)12(14)15/h3-6,13H,2,7-8H2,1H3,(H,14,15). The number of hydrogen-bond donors (Lipinski definition) is 2. The number of carboxylic acids is 1.